The second-order valence-corrected chi connectivity index (χ2v) is 2.10. The van der Waals surface area contributed by atoms with Crippen molar-refractivity contribution in [3.63, 3.8) is 0 Å². The molecule has 0 saturated heterocycles. The van der Waals surface area contributed by atoms with Crippen LogP contribution in [0, 0.1) is 0 Å². The fourth-order valence-electron chi connectivity index (χ4n) is 0.491. The Morgan fingerprint density at radius 2 is 2.20 bits per heavy atom. The fourth-order valence-corrected chi connectivity index (χ4v) is 0.491. The van der Waals surface area contributed by atoms with Crippen molar-refractivity contribution in [2.24, 2.45) is 0 Å². The molecule has 0 saturated carbocycles. The first-order valence-corrected chi connectivity index (χ1v) is 3.02. The Bertz CT molecular complexity index is 149. The number of carboxylic acids is 1. The molecular weight excluding hydrogens is 132 g/mol. The number of carbonyl (C=O) groups is 1. The van der Waals surface area contributed by atoms with Crippen molar-refractivity contribution in [3.05, 3.63) is 11.6 Å². The van der Waals surface area contributed by atoms with Gasteiger partial charge in [0.1, 0.15) is 0 Å². The van der Waals surface area contributed by atoms with Crippen molar-refractivity contribution in [2.75, 3.05) is 7.11 Å². The van der Waals surface area contributed by atoms with Crippen LogP contribution < -0.4 is 0 Å². The van der Waals surface area contributed by atoms with Gasteiger partial charge in [-0.25, -0.2) is 4.79 Å². The topological polar surface area (TPSA) is 46.5 Å². The van der Waals surface area contributed by atoms with Gasteiger partial charge in [-0.05, 0) is 19.9 Å². The molecule has 0 rings (SSSR count). The van der Waals surface area contributed by atoms with Gasteiger partial charge in [0.05, 0.1) is 6.10 Å². The monoisotopic (exact) mass is 144 g/mol. The third-order valence-electron chi connectivity index (χ3n) is 1.19. The second-order valence-electron chi connectivity index (χ2n) is 2.10. The average Bonchev–Trinajstić information content (AvgIpc) is 1.87. The lowest BCUT2D eigenvalue weighted by atomic mass is 10.2. The van der Waals surface area contributed by atoms with Crippen molar-refractivity contribution in [2.45, 2.75) is 20.0 Å². The number of aliphatic carboxylic acids is 1. The van der Waals surface area contributed by atoms with E-state index in [0.717, 1.165) is 0 Å². The molecule has 0 aliphatic carbocycles. The molecule has 1 unspecified atom stereocenters. The summed E-state index contributed by atoms with van der Waals surface area (Å²) in [5, 5.41) is 8.40. The van der Waals surface area contributed by atoms with Crippen molar-refractivity contribution in [3.8, 4) is 0 Å². The summed E-state index contributed by atoms with van der Waals surface area (Å²) in [6.45, 7) is 3.32. The first-order valence-electron chi connectivity index (χ1n) is 3.02. The van der Waals surface area contributed by atoms with Crippen LogP contribution in [-0.2, 0) is 9.53 Å². The number of rotatable bonds is 3. The van der Waals surface area contributed by atoms with E-state index < -0.39 is 5.97 Å². The maximum absolute atomic E-state index is 10.2. The lowest BCUT2D eigenvalue weighted by Gasteiger charge is -2.02. The van der Waals surface area contributed by atoms with Crippen molar-refractivity contribution >= 4 is 5.97 Å². The summed E-state index contributed by atoms with van der Waals surface area (Å²) >= 11 is 0. The molecule has 1 N–H and O–H groups in total. The zero-order valence-electron chi connectivity index (χ0n) is 6.42. The van der Waals surface area contributed by atoms with Gasteiger partial charge in [-0.15, -0.1) is 0 Å². The molecule has 0 aromatic heterocycles. The summed E-state index contributed by atoms with van der Waals surface area (Å²) in [6.07, 6.45) is 1.43. The highest BCUT2D eigenvalue weighted by Gasteiger charge is 2.01. The van der Waals surface area contributed by atoms with Crippen molar-refractivity contribution in [1.29, 1.82) is 0 Å². The van der Waals surface area contributed by atoms with E-state index in [1.54, 1.807) is 13.0 Å². The molecule has 0 aliphatic rings. The quantitative estimate of drug-likeness (QED) is 0.602. The molecule has 3 nitrogen and oxygen atoms in total. The Morgan fingerprint density at radius 3 is 2.50 bits per heavy atom. The van der Waals surface area contributed by atoms with E-state index in [1.165, 1.54) is 14.0 Å². The van der Waals surface area contributed by atoms with Gasteiger partial charge in [0.25, 0.3) is 0 Å². The second kappa shape index (κ2) is 4.06. The molecular formula is C7H12O3. The van der Waals surface area contributed by atoms with E-state index in [1.807, 2.05) is 0 Å². The molecule has 0 bridgehead atoms. The minimum atomic E-state index is -0.899. The first kappa shape index (κ1) is 9.17. The zero-order valence-corrected chi connectivity index (χ0v) is 6.42. The van der Waals surface area contributed by atoms with Gasteiger partial charge < -0.3 is 9.84 Å². The van der Waals surface area contributed by atoms with Crippen molar-refractivity contribution in [1.82, 2.24) is 0 Å². The highest BCUT2D eigenvalue weighted by molar-refractivity contribution is 5.85. The van der Waals surface area contributed by atoms with Crippen LogP contribution in [0.3, 0.4) is 0 Å². The maximum atomic E-state index is 10.2. The van der Waals surface area contributed by atoms with Gasteiger partial charge in [0, 0.05) is 12.7 Å². The summed E-state index contributed by atoms with van der Waals surface area (Å²) in [4.78, 5) is 10.2. The average molecular weight is 144 g/mol. The largest absolute Gasteiger partial charge is 0.478 e. The molecule has 3 heteroatoms. The van der Waals surface area contributed by atoms with E-state index in [-0.39, 0.29) is 6.10 Å². The molecule has 1 atom stereocenters. The number of hydrogen-bond donors (Lipinski definition) is 1. The van der Waals surface area contributed by atoms with E-state index in [0.29, 0.717) is 5.57 Å². The molecule has 0 radical (unpaired) electrons. The molecule has 0 spiro atoms. The van der Waals surface area contributed by atoms with Crippen LogP contribution in [0.15, 0.2) is 11.6 Å². The normalized spacial score (nSPS) is 14.9. The van der Waals surface area contributed by atoms with E-state index in [4.69, 9.17) is 9.84 Å². The molecule has 0 aromatic carbocycles. The Balaban J connectivity index is 4.02. The van der Waals surface area contributed by atoms with Crippen LogP contribution in [0.1, 0.15) is 13.8 Å². The number of hydrogen-bond acceptors (Lipinski definition) is 2. The molecule has 58 valence electrons. The minimum absolute atomic E-state index is 0.129. The Hall–Kier alpha value is -0.830. The predicted octanol–water partition coefficient (Wildman–Crippen LogP) is 1.05. The number of methoxy groups -OCH3 is 1. The summed E-state index contributed by atoms with van der Waals surface area (Å²) in [7, 11) is 1.54. The van der Waals surface area contributed by atoms with E-state index >= 15 is 0 Å². The first-order chi connectivity index (χ1) is 4.57. The van der Waals surface area contributed by atoms with Gasteiger partial charge in [0.2, 0.25) is 0 Å². The summed E-state index contributed by atoms with van der Waals surface area (Å²) in [6, 6.07) is 0. The predicted molar refractivity (Wildman–Crippen MR) is 37.9 cm³/mol. The van der Waals surface area contributed by atoms with Crippen LogP contribution in [0.4, 0.5) is 0 Å². The zero-order chi connectivity index (χ0) is 8.15. The third-order valence-corrected chi connectivity index (χ3v) is 1.19. The van der Waals surface area contributed by atoms with Gasteiger partial charge in [0.15, 0.2) is 0 Å². The van der Waals surface area contributed by atoms with Gasteiger partial charge >= 0.3 is 5.97 Å². The summed E-state index contributed by atoms with van der Waals surface area (Å²) < 4.78 is 4.83. The van der Waals surface area contributed by atoms with Gasteiger partial charge in [-0.2, -0.15) is 0 Å². The lowest BCUT2D eigenvalue weighted by molar-refractivity contribution is -0.132. The number of ether oxygens (including phenoxy) is 1. The van der Waals surface area contributed by atoms with E-state index in [2.05, 4.69) is 0 Å². The molecule has 10 heavy (non-hydrogen) atoms. The van der Waals surface area contributed by atoms with Crippen LogP contribution in [0.5, 0.6) is 0 Å². The minimum Gasteiger partial charge on any atom is -0.478 e. The van der Waals surface area contributed by atoms with Gasteiger partial charge in [-0.1, -0.05) is 0 Å². The molecule has 0 heterocycles. The Morgan fingerprint density at radius 1 is 1.70 bits per heavy atom. The summed E-state index contributed by atoms with van der Waals surface area (Å²) in [5.41, 5.74) is 0.314. The molecule has 0 amide bonds. The van der Waals surface area contributed by atoms with Crippen LogP contribution >= 0.6 is 0 Å². The maximum Gasteiger partial charge on any atom is 0.331 e. The molecule has 0 aliphatic heterocycles. The molecule has 0 aromatic rings. The third kappa shape index (κ3) is 3.25. The molecule has 0 fully saturated rings. The summed E-state index contributed by atoms with van der Waals surface area (Å²) in [5.74, 6) is -0.899. The smallest absolute Gasteiger partial charge is 0.331 e. The lowest BCUT2D eigenvalue weighted by Crippen LogP contribution is -2.04. The fraction of sp³-hybridized carbons (Fsp3) is 0.571. The standard InChI is InChI=1S/C7H12O3/c1-5(7(8)9)4-6(2)10-3/h4,6H,1-3H3,(H,8,9)/b5-4-. The highest BCUT2D eigenvalue weighted by Crippen LogP contribution is 1.97. The van der Waals surface area contributed by atoms with Crippen LogP contribution in [0.25, 0.3) is 0 Å². The van der Waals surface area contributed by atoms with Crippen molar-refractivity contribution < 1.29 is 14.6 Å². The van der Waals surface area contributed by atoms with Crippen LogP contribution in [-0.4, -0.2) is 24.3 Å². The SMILES string of the molecule is COC(C)/C=C(/C)C(=O)O. The highest BCUT2D eigenvalue weighted by atomic mass is 16.5. The Labute approximate surface area is 60.3 Å². The van der Waals surface area contributed by atoms with Gasteiger partial charge in [-0.3, -0.25) is 0 Å². The van der Waals surface area contributed by atoms with Crippen LogP contribution in [0.2, 0.25) is 0 Å². The Kier molecular flexibility index (Phi) is 3.72. The number of carboxylic acid groups (broad SMARTS) is 1. The van der Waals surface area contributed by atoms with E-state index in [9.17, 15) is 4.79 Å².